The fraction of sp³-hybridized carbons (Fsp3) is 0.250. The highest BCUT2D eigenvalue weighted by Gasteiger charge is 2.07. The molecule has 1 aromatic carbocycles. The Morgan fingerprint density at radius 1 is 1.33 bits per heavy atom. The Kier molecular flexibility index (Phi) is 4.75. The first-order valence-electron chi connectivity index (χ1n) is 6.45. The number of ether oxygens (including phenoxy) is 1. The molecule has 0 bridgehead atoms. The molecule has 1 N–H and O–H groups in total. The minimum Gasteiger partial charge on any atom is -0.468 e. The van der Waals surface area contributed by atoms with Gasteiger partial charge in [0.05, 0.1) is 13.7 Å². The van der Waals surface area contributed by atoms with Gasteiger partial charge in [0.25, 0.3) is 11.6 Å². The van der Waals surface area contributed by atoms with Crippen molar-refractivity contribution in [2.75, 3.05) is 13.7 Å². The highest BCUT2D eigenvalue weighted by molar-refractivity contribution is 5.36. The van der Waals surface area contributed by atoms with Crippen LogP contribution in [0.3, 0.4) is 0 Å². The standard InChI is InChI=1S/C16H16N2O3/c1-12-10-15(20)18(16(17-12)21-2)11-14-7-5-13(6-8-14)4-3-9-19/h5-8,10,19H,9,11H2,1-2H3. The summed E-state index contributed by atoms with van der Waals surface area (Å²) in [5, 5.41) is 8.66. The fourth-order valence-corrected chi connectivity index (χ4v) is 1.91. The van der Waals surface area contributed by atoms with Crippen LogP contribution in [0.2, 0.25) is 0 Å². The first kappa shape index (κ1) is 14.8. The van der Waals surface area contributed by atoms with Gasteiger partial charge in [-0.25, -0.2) is 4.98 Å². The normalized spacial score (nSPS) is 9.86. The molecule has 108 valence electrons. The molecule has 5 heteroatoms. The molecule has 0 aliphatic heterocycles. The van der Waals surface area contributed by atoms with Crippen molar-refractivity contribution in [1.82, 2.24) is 9.55 Å². The van der Waals surface area contributed by atoms with Crippen LogP contribution in [-0.2, 0) is 6.54 Å². The van der Waals surface area contributed by atoms with Crippen LogP contribution in [0.1, 0.15) is 16.8 Å². The van der Waals surface area contributed by atoms with E-state index >= 15 is 0 Å². The van der Waals surface area contributed by atoms with Gasteiger partial charge in [0, 0.05) is 17.3 Å². The van der Waals surface area contributed by atoms with E-state index in [2.05, 4.69) is 16.8 Å². The van der Waals surface area contributed by atoms with E-state index in [4.69, 9.17) is 9.84 Å². The van der Waals surface area contributed by atoms with E-state index in [0.717, 1.165) is 11.1 Å². The zero-order valence-electron chi connectivity index (χ0n) is 12.0. The van der Waals surface area contributed by atoms with Gasteiger partial charge in [-0.2, -0.15) is 0 Å². The zero-order valence-corrected chi connectivity index (χ0v) is 12.0. The van der Waals surface area contributed by atoms with Crippen molar-refractivity contribution in [3.63, 3.8) is 0 Å². The second-order valence-corrected chi connectivity index (χ2v) is 4.47. The van der Waals surface area contributed by atoms with E-state index < -0.39 is 0 Å². The number of hydrogen-bond donors (Lipinski definition) is 1. The number of hydrogen-bond acceptors (Lipinski definition) is 4. The molecule has 1 aromatic heterocycles. The van der Waals surface area contributed by atoms with E-state index in [1.165, 1.54) is 17.7 Å². The lowest BCUT2D eigenvalue weighted by Crippen LogP contribution is -2.23. The summed E-state index contributed by atoms with van der Waals surface area (Å²) in [6.45, 7) is 1.97. The molecule has 0 aliphatic carbocycles. The maximum Gasteiger partial charge on any atom is 0.299 e. The molecule has 5 nitrogen and oxygen atoms in total. The maximum absolute atomic E-state index is 12.0. The SMILES string of the molecule is COc1nc(C)cc(=O)n1Cc1ccc(C#CCO)cc1. The van der Waals surface area contributed by atoms with Gasteiger partial charge in [0.15, 0.2) is 0 Å². The Balaban J connectivity index is 2.28. The number of nitrogens with zero attached hydrogens (tertiary/aromatic N) is 2. The third kappa shape index (κ3) is 3.71. The molecule has 0 atom stereocenters. The molecule has 2 aromatic rings. The minimum atomic E-state index is -0.163. The second-order valence-electron chi connectivity index (χ2n) is 4.47. The highest BCUT2D eigenvalue weighted by atomic mass is 16.5. The predicted molar refractivity (Wildman–Crippen MR) is 79.3 cm³/mol. The molecule has 0 unspecified atom stereocenters. The zero-order chi connectivity index (χ0) is 15.2. The van der Waals surface area contributed by atoms with Crippen LogP contribution in [0, 0.1) is 18.8 Å². The van der Waals surface area contributed by atoms with Gasteiger partial charge in [-0.1, -0.05) is 24.0 Å². The third-order valence-corrected chi connectivity index (χ3v) is 2.89. The fourth-order valence-electron chi connectivity index (χ4n) is 1.91. The topological polar surface area (TPSA) is 64.3 Å². The average molecular weight is 284 g/mol. The lowest BCUT2D eigenvalue weighted by Gasteiger charge is -2.11. The van der Waals surface area contributed by atoms with E-state index in [1.54, 1.807) is 6.92 Å². The number of aryl methyl sites for hydroxylation is 1. The van der Waals surface area contributed by atoms with E-state index in [9.17, 15) is 4.79 Å². The van der Waals surface area contributed by atoms with Gasteiger partial charge >= 0.3 is 0 Å². The molecule has 21 heavy (non-hydrogen) atoms. The van der Waals surface area contributed by atoms with E-state index in [0.29, 0.717) is 18.2 Å². The molecule has 0 spiro atoms. The lowest BCUT2D eigenvalue weighted by molar-refractivity contribution is 0.349. The number of aromatic nitrogens is 2. The molecule has 0 radical (unpaired) electrons. The summed E-state index contributed by atoms with van der Waals surface area (Å²) in [4.78, 5) is 16.2. The van der Waals surface area contributed by atoms with Crippen LogP contribution in [0.25, 0.3) is 0 Å². The van der Waals surface area contributed by atoms with Crippen molar-refractivity contribution in [3.8, 4) is 17.9 Å². The second kappa shape index (κ2) is 6.73. The summed E-state index contributed by atoms with van der Waals surface area (Å²) >= 11 is 0. The van der Waals surface area contributed by atoms with Crippen LogP contribution in [0.15, 0.2) is 35.1 Å². The van der Waals surface area contributed by atoms with Crippen LogP contribution in [0.4, 0.5) is 0 Å². The summed E-state index contributed by atoms with van der Waals surface area (Å²) in [6.07, 6.45) is 0. The molecule has 1 heterocycles. The van der Waals surface area contributed by atoms with Crippen LogP contribution in [0.5, 0.6) is 6.01 Å². The molecular weight excluding hydrogens is 268 g/mol. The van der Waals surface area contributed by atoms with Gasteiger partial charge in [0.1, 0.15) is 6.61 Å². The van der Waals surface area contributed by atoms with Gasteiger partial charge in [0.2, 0.25) is 0 Å². The minimum absolute atomic E-state index is 0.150. The van der Waals surface area contributed by atoms with Gasteiger partial charge in [-0.15, -0.1) is 0 Å². The van der Waals surface area contributed by atoms with Crippen molar-refractivity contribution in [2.45, 2.75) is 13.5 Å². The lowest BCUT2D eigenvalue weighted by atomic mass is 10.1. The average Bonchev–Trinajstić information content (AvgIpc) is 2.48. The Bertz CT molecular complexity index is 737. The van der Waals surface area contributed by atoms with Gasteiger partial charge in [-0.3, -0.25) is 9.36 Å². The number of aliphatic hydroxyl groups is 1. The smallest absolute Gasteiger partial charge is 0.299 e. The largest absolute Gasteiger partial charge is 0.468 e. The van der Waals surface area contributed by atoms with Crippen molar-refractivity contribution >= 4 is 0 Å². The molecular formula is C16H16N2O3. The van der Waals surface area contributed by atoms with Crippen molar-refractivity contribution in [3.05, 3.63) is 57.5 Å². The number of methoxy groups -OCH3 is 1. The third-order valence-electron chi connectivity index (χ3n) is 2.89. The van der Waals surface area contributed by atoms with Crippen LogP contribution in [-0.4, -0.2) is 28.4 Å². The summed E-state index contributed by atoms with van der Waals surface area (Å²) < 4.78 is 6.63. The quantitative estimate of drug-likeness (QED) is 0.852. The summed E-state index contributed by atoms with van der Waals surface area (Å²) in [6, 6.07) is 9.22. The summed E-state index contributed by atoms with van der Waals surface area (Å²) in [5.41, 5.74) is 2.23. The van der Waals surface area contributed by atoms with Crippen molar-refractivity contribution < 1.29 is 9.84 Å². The maximum atomic E-state index is 12.0. The monoisotopic (exact) mass is 284 g/mol. The van der Waals surface area contributed by atoms with E-state index in [1.807, 2.05) is 24.3 Å². The number of benzene rings is 1. The predicted octanol–water partition coefficient (Wildman–Crippen LogP) is 0.952. The van der Waals surface area contributed by atoms with Crippen molar-refractivity contribution in [2.24, 2.45) is 0 Å². The Hall–Kier alpha value is -2.58. The van der Waals surface area contributed by atoms with Gasteiger partial charge in [-0.05, 0) is 24.6 Å². The molecule has 0 aliphatic rings. The van der Waals surface area contributed by atoms with Crippen LogP contribution >= 0.6 is 0 Å². The Morgan fingerprint density at radius 2 is 2.05 bits per heavy atom. The first-order chi connectivity index (χ1) is 10.1. The molecule has 0 amide bonds. The molecule has 0 saturated heterocycles. The Labute approximate surface area is 122 Å². The number of aliphatic hydroxyl groups excluding tert-OH is 1. The first-order valence-corrected chi connectivity index (χ1v) is 6.45. The highest BCUT2D eigenvalue weighted by Crippen LogP contribution is 2.10. The summed E-state index contributed by atoms with van der Waals surface area (Å²) in [7, 11) is 1.49. The van der Waals surface area contributed by atoms with E-state index in [-0.39, 0.29) is 12.2 Å². The Morgan fingerprint density at radius 3 is 2.67 bits per heavy atom. The molecule has 0 fully saturated rings. The summed E-state index contributed by atoms with van der Waals surface area (Å²) in [5.74, 6) is 5.41. The molecule has 2 rings (SSSR count). The van der Waals surface area contributed by atoms with Crippen LogP contribution < -0.4 is 10.3 Å². The van der Waals surface area contributed by atoms with Gasteiger partial charge < -0.3 is 9.84 Å². The number of rotatable bonds is 3. The van der Waals surface area contributed by atoms with Crippen molar-refractivity contribution in [1.29, 1.82) is 0 Å². The molecule has 0 saturated carbocycles.